The molecule has 1 N–H and O–H groups in total. The van der Waals surface area contributed by atoms with E-state index in [4.69, 9.17) is 0 Å². The molecule has 0 bridgehead atoms. The molecule has 0 aliphatic rings. The van der Waals surface area contributed by atoms with E-state index in [-0.39, 0.29) is 21.1 Å². The van der Waals surface area contributed by atoms with Crippen molar-refractivity contribution >= 4 is 0 Å². The van der Waals surface area contributed by atoms with Gasteiger partial charge < -0.3 is 5.32 Å². The van der Waals surface area contributed by atoms with Gasteiger partial charge in [0.25, 0.3) is 0 Å². The monoisotopic (exact) mass is 228 g/mol. The molecule has 0 heterocycles. The summed E-state index contributed by atoms with van der Waals surface area (Å²) in [5.74, 6) is 0. The van der Waals surface area contributed by atoms with E-state index in [1.807, 2.05) is 0 Å². The Labute approximate surface area is 41.0 Å². The molecule has 0 atom stereocenters. The summed E-state index contributed by atoms with van der Waals surface area (Å²) in [4.78, 5) is 0. The Hall–Kier alpha value is 0.648. The van der Waals surface area contributed by atoms with Gasteiger partial charge >= 0.3 is 0 Å². The predicted octanol–water partition coefficient (Wildman–Crippen LogP) is -0.00511. The van der Waals surface area contributed by atoms with Crippen molar-refractivity contribution in [2.75, 3.05) is 7.05 Å². The topological polar surface area (TPSA) is 12.0 Å². The summed E-state index contributed by atoms with van der Waals surface area (Å²) in [5, 5.41) is 2.50. The van der Waals surface area contributed by atoms with E-state index in [9.17, 15) is 0 Å². The van der Waals surface area contributed by atoms with E-state index >= 15 is 0 Å². The number of hydrogen-bond acceptors (Lipinski definition) is 1. The average Bonchev–Trinajstić information content (AvgIpc) is 0.918. The summed E-state index contributed by atoms with van der Waals surface area (Å²) in [6.45, 7) is 0. The molecule has 0 aliphatic heterocycles. The molecular formula is C2H6NW-. The van der Waals surface area contributed by atoms with E-state index in [1.165, 1.54) is 0 Å². The van der Waals surface area contributed by atoms with Gasteiger partial charge in [0, 0.05) is 21.1 Å². The molecule has 0 aromatic heterocycles. The average molecular weight is 228 g/mol. The molecule has 0 saturated carbocycles. The second-order valence-electron chi connectivity index (χ2n) is 0.354. The maximum Gasteiger partial charge on any atom is 0 e. The van der Waals surface area contributed by atoms with Crippen LogP contribution in [0.2, 0.25) is 0 Å². The maximum absolute atomic E-state index is 3.24. The molecule has 2 heteroatoms. The Balaban J connectivity index is 0. The van der Waals surface area contributed by atoms with Crippen molar-refractivity contribution in [3.63, 3.8) is 0 Å². The second kappa shape index (κ2) is 9.42. The summed E-state index contributed by atoms with van der Waals surface area (Å²) in [5.41, 5.74) is 0. The largest absolute Gasteiger partial charge is 0.475 e. The Morgan fingerprint density at radius 3 is 1.75 bits per heavy atom. The van der Waals surface area contributed by atoms with E-state index in [1.54, 1.807) is 7.05 Å². The first-order valence-corrected chi connectivity index (χ1v) is 0.854. The van der Waals surface area contributed by atoms with E-state index in [2.05, 4.69) is 12.4 Å². The van der Waals surface area contributed by atoms with Gasteiger partial charge in [-0.3, -0.25) is 7.05 Å². The fraction of sp³-hybridized carbons (Fsp3) is 0.500. The normalized spacial score (nSPS) is 4.50. The van der Waals surface area contributed by atoms with Gasteiger partial charge in [0.05, 0.1) is 0 Å². The van der Waals surface area contributed by atoms with Crippen molar-refractivity contribution in [1.82, 2.24) is 5.32 Å². The van der Waals surface area contributed by atoms with Gasteiger partial charge in [0.1, 0.15) is 0 Å². The summed E-state index contributed by atoms with van der Waals surface area (Å²) in [6.07, 6.45) is 0. The first-order valence-electron chi connectivity index (χ1n) is 0.854. The fourth-order valence-corrected chi connectivity index (χ4v) is 0. The van der Waals surface area contributed by atoms with Crippen molar-refractivity contribution in [2.45, 2.75) is 0 Å². The molecule has 0 aromatic rings. The molecular weight excluding hydrogens is 222 g/mol. The minimum atomic E-state index is 0. The van der Waals surface area contributed by atoms with Crippen molar-refractivity contribution in [2.24, 2.45) is 0 Å². The minimum Gasteiger partial charge on any atom is -0.475 e. The molecule has 0 fully saturated rings. The van der Waals surface area contributed by atoms with Crippen LogP contribution in [-0.2, 0) is 21.1 Å². The van der Waals surface area contributed by atoms with Crippen LogP contribution in [0.1, 0.15) is 0 Å². The first kappa shape index (κ1) is 8.82. The predicted molar refractivity (Wildman–Crippen MR) is 14.4 cm³/mol. The zero-order valence-corrected chi connectivity index (χ0v) is 5.55. The van der Waals surface area contributed by atoms with Gasteiger partial charge in [-0.25, -0.2) is 0 Å². The molecule has 0 rings (SSSR count). The third-order valence-electron chi connectivity index (χ3n) is 0. The van der Waals surface area contributed by atoms with E-state index in [0.717, 1.165) is 0 Å². The summed E-state index contributed by atoms with van der Waals surface area (Å²) in [6, 6.07) is 0. The van der Waals surface area contributed by atoms with Crippen LogP contribution in [0, 0.1) is 7.05 Å². The fourth-order valence-electron chi connectivity index (χ4n) is 0. The van der Waals surface area contributed by atoms with Gasteiger partial charge in [0.2, 0.25) is 0 Å². The number of rotatable bonds is 0. The molecule has 26 valence electrons. The smallest absolute Gasteiger partial charge is 0 e. The van der Waals surface area contributed by atoms with E-state index in [0.29, 0.717) is 0 Å². The quantitative estimate of drug-likeness (QED) is 0.575. The van der Waals surface area contributed by atoms with Crippen LogP contribution in [0.3, 0.4) is 0 Å². The van der Waals surface area contributed by atoms with Crippen LogP contribution in [0.4, 0.5) is 0 Å². The molecule has 0 spiro atoms. The van der Waals surface area contributed by atoms with Crippen LogP contribution in [0.25, 0.3) is 0 Å². The standard InChI is InChI=1S/C2H6N.W/c1-3-2;/h3H,1H2,2H3;/q-1;. The van der Waals surface area contributed by atoms with Gasteiger partial charge in [-0.1, -0.05) is 0 Å². The Morgan fingerprint density at radius 2 is 1.75 bits per heavy atom. The zero-order valence-electron chi connectivity index (χ0n) is 2.62. The van der Waals surface area contributed by atoms with Gasteiger partial charge in [-0.2, -0.15) is 0 Å². The number of hydrogen-bond donors (Lipinski definition) is 1. The zero-order chi connectivity index (χ0) is 2.71. The van der Waals surface area contributed by atoms with Crippen LogP contribution >= 0.6 is 0 Å². The van der Waals surface area contributed by atoms with Crippen LogP contribution in [0.15, 0.2) is 0 Å². The maximum atomic E-state index is 3.24. The molecule has 1 nitrogen and oxygen atoms in total. The second-order valence-corrected chi connectivity index (χ2v) is 0.354. The molecule has 0 aliphatic carbocycles. The van der Waals surface area contributed by atoms with Crippen LogP contribution < -0.4 is 5.32 Å². The molecule has 0 aromatic carbocycles. The Kier molecular flexibility index (Phi) is 20.8. The van der Waals surface area contributed by atoms with Crippen LogP contribution in [-0.4, -0.2) is 7.05 Å². The minimum absolute atomic E-state index is 0. The van der Waals surface area contributed by atoms with Gasteiger partial charge in [-0.05, 0) is 7.05 Å². The first-order chi connectivity index (χ1) is 1.41. The third-order valence-corrected chi connectivity index (χ3v) is 0. The summed E-state index contributed by atoms with van der Waals surface area (Å²) >= 11 is 0. The van der Waals surface area contributed by atoms with E-state index < -0.39 is 0 Å². The van der Waals surface area contributed by atoms with Gasteiger partial charge in [-0.15, -0.1) is 0 Å². The van der Waals surface area contributed by atoms with Crippen molar-refractivity contribution in [3.05, 3.63) is 7.05 Å². The Morgan fingerprint density at radius 1 is 1.75 bits per heavy atom. The molecule has 0 amide bonds. The molecule has 4 heavy (non-hydrogen) atoms. The summed E-state index contributed by atoms with van der Waals surface area (Å²) in [7, 11) is 5.00. The Bertz CT molecular complexity index is 6.00. The molecule has 0 radical (unpaired) electrons. The van der Waals surface area contributed by atoms with Gasteiger partial charge in [0.15, 0.2) is 0 Å². The third kappa shape index (κ3) is 17.1. The van der Waals surface area contributed by atoms with Crippen LogP contribution in [0.5, 0.6) is 0 Å². The van der Waals surface area contributed by atoms with Crippen molar-refractivity contribution in [1.29, 1.82) is 0 Å². The van der Waals surface area contributed by atoms with Crippen molar-refractivity contribution in [3.8, 4) is 0 Å². The summed E-state index contributed by atoms with van der Waals surface area (Å²) < 4.78 is 0. The molecule has 0 unspecified atom stereocenters. The molecule has 0 saturated heterocycles. The number of nitrogens with one attached hydrogen (secondary N) is 1. The SMILES string of the molecule is [CH2-]NC.[W]. The van der Waals surface area contributed by atoms with Crippen molar-refractivity contribution < 1.29 is 21.1 Å².